The van der Waals surface area contributed by atoms with Crippen LogP contribution in [0.2, 0.25) is 0 Å². The maximum Gasteiger partial charge on any atom is 0.0494 e. The maximum absolute atomic E-state index is 9.17. The molecule has 0 amide bonds. The van der Waals surface area contributed by atoms with E-state index in [2.05, 4.69) is 57.3 Å². The van der Waals surface area contributed by atoms with Gasteiger partial charge in [0.25, 0.3) is 0 Å². The van der Waals surface area contributed by atoms with Crippen molar-refractivity contribution < 1.29 is 5.11 Å². The molecule has 0 bridgehead atoms. The molecule has 0 heterocycles. The Kier molecular flexibility index (Phi) is 6.19. The van der Waals surface area contributed by atoms with Gasteiger partial charge in [-0.15, -0.1) is 11.8 Å². The number of benzene rings is 1. The van der Waals surface area contributed by atoms with E-state index in [0.717, 1.165) is 13.1 Å². The molecule has 1 rings (SSSR count). The first-order valence-corrected chi connectivity index (χ1v) is 7.38. The highest BCUT2D eigenvalue weighted by Crippen LogP contribution is 2.22. The quantitative estimate of drug-likeness (QED) is 0.744. The summed E-state index contributed by atoms with van der Waals surface area (Å²) in [7, 11) is 0. The summed E-state index contributed by atoms with van der Waals surface area (Å²) in [6, 6.07) is 8.70. The number of hydrogen-bond acceptors (Lipinski definition) is 3. The Morgan fingerprint density at radius 3 is 2.33 bits per heavy atom. The molecule has 18 heavy (non-hydrogen) atoms. The van der Waals surface area contributed by atoms with Gasteiger partial charge < -0.3 is 10.4 Å². The van der Waals surface area contributed by atoms with Crippen molar-refractivity contribution in [3.63, 3.8) is 0 Å². The fraction of sp³-hybridized carbons (Fsp3) is 0.600. The molecule has 0 saturated heterocycles. The number of aliphatic hydroxyl groups is 1. The molecule has 0 atom stereocenters. The highest BCUT2D eigenvalue weighted by atomic mass is 32.2. The topological polar surface area (TPSA) is 32.3 Å². The van der Waals surface area contributed by atoms with Gasteiger partial charge in [-0.25, -0.2) is 0 Å². The summed E-state index contributed by atoms with van der Waals surface area (Å²) in [4.78, 5) is 1.32. The molecule has 0 aliphatic carbocycles. The van der Waals surface area contributed by atoms with Crippen LogP contribution in [0.3, 0.4) is 0 Å². The van der Waals surface area contributed by atoms with Crippen molar-refractivity contribution in [3.8, 4) is 0 Å². The molecule has 0 spiro atoms. The third-order valence-electron chi connectivity index (χ3n) is 2.66. The number of rotatable bonds is 7. The standard InChI is InChI=1S/C15H25NOS/c1-12(2)18-14-7-5-13(6-8-14)9-16-10-15(3,4)11-17/h5-8,12,16-17H,9-11H2,1-4H3. The lowest BCUT2D eigenvalue weighted by molar-refractivity contribution is 0.156. The van der Waals surface area contributed by atoms with Gasteiger partial charge >= 0.3 is 0 Å². The fourth-order valence-electron chi connectivity index (χ4n) is 1.56. The third-order valence-corrected chi connectivity index (χ3v) is 3.67. The lowest BCUT2D eigenvalue weighted by Crippen LogP contribution is -2.31. The molecule has 0 unspecified atom stereocenters. The van der Waals surface area contributed by atoms with Gasteiger partial charge in [0.05, 0.1) is 0 Å². The van der Waals surface area contributed by atoms with E-state index in [1.807, 2.05) is 11.8 Å². The first-order valence-electron chi connectivity index (χ1n) is 6.50. The lowest BCUT2D eigenvalue weighted by atomic mass is 9.95. The summed E-state index contributed by atoms with van der Waals surface area (Å²) in [5.41, 5.74) is 1.24. The van der Waals surface area contributed by atoms with Gasteiger partial charge in [-0.3, -0.25) is 0 Å². The SMILES string of the molecule is CC(C)Sc1ccc(CNCC(C)(C)CO)cc1. The predicted octanol–water partition coefficient (Wildman–Crippen LogP) is 3.30. The molecule has 0 radical (unpaired) electrons. The summed E-state index contributed by atoms with van der Waals surface area (Å²) >= 11 is 1.89. The van der Waals surface area contributed by atoms with Crippen molar-refractivity contribution in [2.75, 3.05) is 13.2 Å². The van der Waals surface area contributed by atoms with E-state index in [9.17, 15) is 0 Å². The Hall–Kier alpha value is -0.510. The Balaban J connectivity index is 2.40. The van der Waals surface area contributed by atoms with Gasteiger partial charge in [-0.05, 0) is 17.7 Å². The van der Waals surface area contributed by atoms with Crippen molar-refractivity contribution in [1.82, 2.24) is 5.32 Å². The molecular formula is C15H25NOS. The first kappa shape index (κ1) is 15.5. The van der Waals surface area contributed by atoms with Crippen LogP contribution in [0.1, 0.15) is 33.3 Å². The summed E-state index contributed by atoms with van der Waals surface area (Å²) in [5.74, 6) is 0. The van der Waals surface area contributed by atoms with E-state index in [0.29, 0.717) is 5.25 Å². The van der Waals surface area contributed by atoms with E-state index < -0.39 is 0 Å². The van der Waals surface area contributed by atoms with E-state index >= 15 is 0 Å². The average molecular weight is 267 g/mol. The number of hydrogen-bond donors (Lipinski definition) is 2. The smallest absolute Gasteiger partial charge is 0.0494 e. The molecule has 0 aliphatic rings. The summed E-state index contributed by atoms with van der Waals surface area (Å²) in [6.07, 6.45) is 0. The minimum atomic E-state index is -0.0482. The summed E-state index contributed by atoms with van der Waals surface area (Å²) in [6.45, 7) is 10.4. The van der Waals surface area contributed by atoms with Gasteiger partial charge in [0.15, 0.2) is 0 Å². The molecule has 2 nitrogen and oxygen atoms in total. The molecule has 0 aromatic heterocycles. The minimum absolute atomic E-state index is 0.0482. The van der Waals surface area contributed by atoms with Crippen LogP contribution in [0, 0.1) is 5.41 Å². The van der Waals surface area contributed by atoms with Gasteiger partial charge in [0.2, 0.25) is 0 Å². The van der Waals surface area contributed by atoms with Crippen molar-refractivity contribution >= 4 is 11.8 Å². The van der Waals surface area contributed by atoms with E-state index in [4.69, 9.17) is 5.11 Å². The Bertz CT molecular complexity index is 346. The minimum Gasteiger partial charge on any atom is -0.396 e. The molecule has 0 fully saturated rings. The Morgan fingerprint density at radius 1 is 1.22 bits per heavy atom. The second kappa shape index (κ2) is 7.17. The molecular weight excluding hydrogens is 242 g/mol. The maximum atomic E-state index is 9.17. The third kappa shape index (κ3) is 5.89. The van der Waals surface area contributed by atoms with Crippen LogP contribution in [0.4, 0.5) is 0 Å². The molecule has 102 valence electrons. The average Bonchev–Trinajstić information content (AvgIpc) is 2.30. The molecule has 1 aromatic rings. The van der Waals surface area contributed by atoms with Gasteiger partial charge in [0, 0.05) is 35.3 Å². The largest absolute Gasteiger partial charge is 0.396 e. The van der Waals surface area contributed by atoms with Crippen LogP contribution in [-0.2, 0) is 6.54 Å². The predicted molar refractivity (Wildman–Crippen MR) is 80.0 cm³/mol. The normalized spacial score (nSPS) is 12.1. The van der Waals surface area contributed by atoms with E-state index in [1.54, 1.807) is 0 Å². The van der Waals surface area contributed by atoms with Gasteiger partial charge in [-0.2, -0.15) is 0 Å². The molecule has 0 aliphatic heterocycles. The van der Waals surface area contributed by atoms with Crippen molar-refractivity contribution in [2.24, 2.45) is 5.41 Å². The van der Waals surface area contributed by atoms with Crippen LogP contribution >= 0.6 is 11.8 Å². The zero-order chi connectivity index (χ0) is 13.6. The first-order chi connectivity index (χ1) is 8.43. The zero-order valence-corrected chi connectivity index (χ0v) is 12.7. The van der Waals surface area contributed by atoms with E-state index in [-0.39, 0.29) is 12.0 Å². The van der Waals surface area contributed by atoms with Crippen LogP contribution in [0.25, 0.3) is 0 Å². The molecule has 0 saturated carbocycles. The van der Waals surface area contributed by atoms with Crippen LogP contribution < -0.4 is 5.32 Å². The van der Waals surface area contributed by atoms with Crippen LogP contribution in [0.5, 0.6) is 0 Å². The zero-order valence-electron chi connectivity index (χ0n) is 11.9. The second-order valence-corrected chi connectivity index (χ2v) is 7.39. The van der Waals surface area contributed by atoms with Gasteiger partial charge in [0.1, 0.15) is 0 Å². The number of nitrogens with one attached hydrogen (secondary N) is 1. The Labute approximate surface area is 115 Å². The number of aliphatic hydroxyl groups excluding tert-OH is 1. The van der Waals surface area contributed by atoms with Crippen molar-refractivity contribution in [2.45, 2.75) is 44.4 Å². The van der Waals surface area contributed by atoms with Crippen molar-refractivity contribution in [3.05, 3.63) is 29.8 Å². The Morgan fingerprint density at radius 2 is 1.83 bits per heavy atom. The summed E-state index contributed by atoms with van der Waals surface area (Å²) < 4.78 is 0. The lowest BCUT2D eigenvalue weighted by Gasteiger charge is -2.22. The highest BCUT2D eigenvalue weighted by Gasteiger charge is 2.15. The van der Waals surface area contributed by atoms with E-state index in [1.165, 1.54) is 10.5 Å². The fourth-order valence-corrected chi connectivity index (χ4v) is 2.40. The monoisotopic (exact) mass is 267 g/mol. The molecule has 3 heteroatoms. The molecule has 2 N–H and O–H groups in total. The highest BCUT2D eigenvalue weighted by molar-refractivity contribution is 7.99. The second-order valence-electron chi connectivity index (χ2n) is 5.74. The van der Waals surface area contributed by atoms with Crippen molar-refractivity contribution in [1.29, 1.82) is 0 Å². The molecule has 1 aromatic carbocycles. The van der Waals surface area contributed by atoms with Crippen LogP contribution in [-0.4, -0.2) is 23.5 Å². The number of thioether (sulfide) groups is 1. The van der Waals surface area contributed by atoms with Gasteiger partial charge in [-0.1, -0.05) is 39.8 Å². The summed E-state index contributed by atoms with van der Waals surface area (Å²) in [5, 5.41) is 13.2. The van der Waals surface area contributed by atoms with Crippen LogP contribution in [0.15, 0.2) is 29.2 Å².